The van der Waals surface area contributed by atoms with Crippen LogP contribution >= 0.6 is 0 Å². The van der Waals surface area contributed by atoms with Crippen molar-refractivity contribution < 1.29 is 0 Å². The van der Waals surface area contributed by atoms with Crippen molar-refractivity contribution in [1.29, 1.82) is 0 Å². The molecule has 0 spiro atoms. The highest BCUT2D eigenvalue weighted by molar-refractivity contribution is 6.01. The van der Waals surface area contributed by atoms with Gasteiger partial charge in [0.05, 0.1) is 33.9 Å². The van der Waals surface area contributed by atoms with Gasteiger partial charge in [-0.25, -0.2) is 9.97 Å². The minimum absolute atomic E-state index is 0.758. The predicted molar refractivity (Wildman–Crippen MR) is 227 cm³/mol. The van der Waals surface area contributed by atoms with Crippen molar-refractivity contribution >= 4 is 46.4 Å². The van der Waals surface area contributed by atoms with E-state index in [1.54, 1.807) is 0 Å². The third kappa shape index (κ3) is 5.87. The third-order valence-corrected chi connectivity index (χ3v) is 10.4. The summed E-state index contributed by atoms with van der Waals surface area (Å²) >= 11 is 0. The van der Waals surface area contributed by atoms with Gasteiger partial charge >= 0.3 is 0 Å². The van der Waals surface area contributed by atoms with Crippen LogP contribution in [0.5, 0.6) is 0 Å². The summed E-state index contributed by atoms with van der Waals surface area (Å²) in [7, 11) is 0. The molecule has 0 aliphatic carbocycles. The first-order chi connectivity index (χ1) is 26.3. The molecule has 0 atom stereocenters. The second-order valence-electron chi connectivity index (χ2n) is 14.3. The summed E-state index contributed by atoms with van der Waals surface area (Å²) in [5.41, 5.74) is 20.8. The third-order valence-electron chi connectivity index (χ3n) is 10.4. The Kier molecular flexibility index (Phi) is 8.06. The number of aromatic nitrogens is 4. The van der Waals surface area contributed by atoms with Crippen molar-refractivity contribution in [1.82, 2.24) is 19.9 Å². The van der Waals surface area contributed by atoms with Crippen molar-refractivity contribution in [2.45, 2.75) is 27.7 Å². The summed E-state index contributed by atoms with van der Waals surface area (Å²) < 4.78 is 0. The molecule has 2 N–H and O–H groups in total. The minimum Gasteiger partial charge on any atom is -0.354 e. The van der Waals surface area contributed by atoms with Crippen LogP contribution in [-0.4, -0.2) is 19.9 Å². The highest BCUT2D eigenvalue weighted by atomic mass is 14.8. The average molecular weight is 695 g/mol. The zero-order valence-corrected chi connectivity index (χ0v) is 30.8. The van der Waals surface area contributed by atoms with Crippen LogP contribution in [0.1, 0.15) is 50.6 Å². The fourth-order valence-corrected chi connectivity index (χ4v) is 7.49. The Hall–Kier alpha value is -6.96. The normalized spacial score (nSPS) is 11.9. The van der Waals surface area contributed by atoms with Gasteiger partial charge in [0, 0.05) is 38.8 Å². The molecule has 4 heteroatoms. The predicted octanol–water partition coefficient (Wildman–Crippen LogP) is 12.5. The number of rotatable bonds is 4. The number of nitrogens with zero attached hydrogens (tertiary/aromatic N) is 2. The van der Waals surface area contributed by atoms with Gasteiger partial charge in [-0.15, -0.1) is 6.42 Å². The van der Waals surface area contributed by atoms with Crippen LogP contribution in [-0.2, 0) is 0 Å². The number of H-pyrrole nitrogens is 2. The van der Waals surface area contributed by atoms with E-state index in [4.69, 9.17) is 16.4 Å². The number of benzene rings is 4. The van der Waals surface area contributed by atoms with Crippen molar-refractivity contribution in [2.75, 3.05) is 0 Å². The van der Waals surface area contributed by atoms with E-state index in [9.17, 15) is 0 Å². The molecule has 0 amide bonds. The molecule has 0 saturated carbocycles. The smallest absolute Gasteiger partial charge is 0.0737 e. The van der Waals surface area contributed by atoms with Crippen LogP contribution in [0.4, 0.5) is 0 Å². The maximum absolute atomic E-state index is 6.35. The number of aryl methyl sites for hydroxylation is 4. The Bertz CT molecular complexity index is 2870. The maximum Gasteiger partial charge on any atom is 0.0737 e. The Labute approximate surface area is 315 Å². The summed E-state index contributed by atoms with van der Waals surface area (Å²) in [6.07, 6.45) is 14.8. The van der Waals surface area contributed by atoms with Gasteiger partial charge in [-0.1, -0.05) is 125 Å². The van der Waals surface area contributed by atoms with Gasteiger partial charge in [-0.2, -0.15) is 0 Å². The number of hydrogen-bond donors (Lipinski definition) is 2. The van der Waals surface area contributed by atoms with Gasteiger partial charge in [0.15, 0.2) is 0 Å². The summed E-state index contributed by atoms with van der Waals surface area (Å²) in [5, 5.41) is 0. The van der Waals surface area contributed by atoms with E-state index in [1.165, 1.54) is 22.3 Å². The number of nitrogens with one attached hydrogen (secondary N) is 2. The molecule has 3 aromatic heterocycles. The molecule has 9 rings (SSSR count). The van der Waals surface area contributed by atoms with Gasteiger partial charge < -0.3 is 9.97 Å². The Morgan fingerprint density at radius 2 is 0.741 bits per heavy atom. The summed E-state index contributed by atoms with van der Waals surface area (Å²) in [6, 6.07) is 40.9. The molecule has 258 valence electrons. The van der Waals surface area contributed by atoms with Crippen LogP contribution in [0.25, 0.3) is 90.9 Å². The Morgan fingerprint density at radius 3 is 1.11 bits per heavy atom. The van der Waals surface area contributed by atoms with Crippen LogP contribution in [0.2, 0.25) is 0 Å². The molecule has 2 aliphatic rings. The molecule has 5 heterocycles. The molecule has 4 nitrogen and oxygen atoms in total. The van der Waals surface area contributed by atoms with E-state index >= 15 is 0 Å². The molecular formula is C50H38N4. The molecule has 2 aliphatic heterocycles. The standard InChI is InChI=1S/C50H38N4/c1-6-34-29-45-48(37-19-11-32(4)12-20-37)43-26-25-41(52-43)46(35-15-7-30(2)8-16-35)39-23-24-40(51-39)47(36-17-9-31(3)10-18-36)42-27-28-44(53-42)49(50(34)54-45)38-21-13-33(5)14-22-38/h1,7-29,51,54H,2-5H3. The topological polar surface area (TPSA) is 57.4 Å². The van der Waals surface area contributed by atoms with E-state index in [1.807, 2.05) is 0 Å². The molecular weight excluding hydrogens is 657 g/mol. The maximum atomic E-state index is 6.35. The lowest BCUT2D eigenvalue weighted by Crippen LogP contribution is -1.90. The van der Waals surface area contributed by atoms with Gasteiger partial charge in [0.25, 0.3) is 0 Å². The first-order valence-electron chi connectivity index (χ1n) is 18.3. The fraction of sp³-hybridized carbons (Fsp3) is 0.0800. The molecule has 0 saturated heterocycles. The van der Waals surface area contributed by atoms with Crippen molar-refractivity contribution in [3.8, 4) is 56.9 Å². The molecule has 54 heavy (non-hydrogen) atoms. The number of hydrogen-bond acceptors (Lipinski definition) is 2. The summed E-state index contributed by atoms with van der Waals surface area (Å²) in [4.78, 5) is 18.5. The van der Waals surface area contributed by atoms with Crippen molar-refractivity contribution in [3.63, 3.8) is 0 Å². The number of terminal acetylenes is 1. The van der Waals surface area contributed by atoms with E-state index in [2.05, 4.69) is 183 Å². The second kappa shape index (κ2) is 13.2. The minimum atomic E-state index is 0.758. The van der Waals surface area contributed by atoms with Crippen LogP contribution in [0.3, 0.4) is 0 Å². The summed E-state index contributed by atoms with van der Waals surface area (Å²) in [6.45, 7) is 8.43. The van der Waals surface area contributed by atoms with Crippen LogP contribution < -0.4 is 0 Å². The summed E-state index contributed by atoms with van der Waals surface area (Å²) in [5.74, 6) is 3.02. The van der Waals surface area contributed by atoms with Gasteiger partial charge in [0.1, 0.15) is 0 Å². The second-order valence-corrected chi connectivity index (χ2v) is 14.3. The van der Waals surface area contributed by atoms with E-state index in [0.717, 1.165) is 94.9 Å². The fourth-order valence-electron chi connectivity index (χ4n) is 7.49. The van der Waals surface area contributed by atoms with Gasteiger partial charge in [-0.05, 0) is 92.5 Å². The zero-order chi connectivity index (χ0) is 36.9. The Balaban J connectivity index is 1.50. The molecule has 8 bridgehead atoms. The Morgan fingerprint density at radius 1 is 0.407 bits per heavy atom. The monoisotopic (exact) mass is 694 g/mol. The van der Waals surface area contributed by atoms with E-state index in [-0.39, 0.29) is 0 Å². The molecule has 0 fully saturated rings. The lowest BCUT2D eigenvalue weighted by Gasteiger charge is -2.08. The van der Waals surface area contributed by atoms with Gasteiger partial charge in [-0.3, -0.25) is 0 Å². The molecule has 0 radical (unpaired) electrons. The quantitative estimate of drug-likeness (QED) is 0.180. The first-order valence-corrected chi connectivity index (χ1v) is 18.3. The SMILES string of the molecule is C#Cc1cc2[nH]c1c(-c1ccc(C)cc1)c1nc(c(-c3ccc(C)cc3)c3ccc([nH]3)c(-c3ccc(C)cc3)c3nc(c2-c2ccc(C)cc2)C=C3)C=C1. The van der Waals surface area contributed by atoms with E-state index < -0.39 is 0 Å². The first kappa shape index (κ1) is 32.9. The highest BCUT2D eigenvalue weighted by Gasteiger charge is 2.20. The largest absolute Gasteiger partial charge is 0.354 e. The van der Waals surface area contributed by atoms with Crippen LogP contribution in [0.15, 0.2) is 115 Å². The molecule has 7 aromatic rings. The van der Waals surface area contributed by atoms with E-state index in [0.29, 0.717) is 0 Å². The zero-order valence-electron chi connectivity index (χ0n) is 30.8. The van der Waals surface area contributed by atoms with Crippen molar-refractivity contribution in [3.05, 3.63) is 166 Å². The number of aromatic amines is 2. The highest BCUT2D eigenvalue weighted by Crippen LogP contribution is 2.39. The number of fused-ring (bicyclic) bond motifs is 8. The van der Waals surface area contributed by atoms with Crippen LogP contribution in [0, 0.1) is 40.0 Å². The molecule has 4 aromatic carbocycles. The van der Waals surface area contributed by atoms with Crippen molar-refractivity contribution in [2.24, 2.45) is 0 Å². The van der Waals surface area contributed by atoms with Gasteiger partial charge in [0.2, 0.25) is 0 Å². The lowest BCUT2D eigenvalue weighted by atomic mass is 10.0. The molecule has 0 unspecified atom stereocenters. The average Bonchev–Trinajstić information content (AvgIpc) is 4.01. The lowest BCUT2D eigenvalue weighted by molar-refractivity contribution is 1.31.